The second-order valence-corrected chi connectivity index (χ2v) is 8.77. The molecule has 4 rings (SSSR count). The van der Waals surface area contributed by atoms with Gasteiger partial charge in [0, 0.05) is 23.0 Å². The monoisotopic (exact) mass is 484 g/mol. The van der Waals surface area contributed by atoms with Crippen molar-refractivity contribution >= 4 is 33.4 Å². The first-order valence-corrected chi connectivity index (χ1v) is 11.3. The molecule has 6 nitrogen and oxygen atoms in total. The minimum atomic E-state index is -0.694. The number of quaternary nitrogens is 1. The number of hydrogen-bond donors (Lipinski definition) is 1. The van der Waals surface area contributed by atoms with E-state index in [2.05, 4.69) is 15.9 Å². The Morgan fingerprint density at radius 1 is 1.06 bits per heavy atom. The quantitative estimate of drug-likeness (QED) is 0.376. The number of amides is 1. The minimum Gasteiger partial charge on any atom is -0.872 e. The van der Waals surface area contributed by atoms with E-state index in [1.54, 1.807) is 29.2 Å². The first-order valence-electron chi connectivity index (χ1n) is 10.5. The minimum absolute atomic E-state index is 0.0391. The first kappa shape index (κ1) is 21.7. The summed E-state index contributed by atoms with van der Waals surface area (Å²) in [5.74, 6) is -1.67. The third-order valence-electron chi connectivity index (χ3n) is 5.88. The summed E-state index contributed by atoms with van der Waals surface area (Å²) in [5, 5.41) is 13.3. The van der Waals surface area contributed by atoms with Gasteiger partial charge in [0.2, 0.25) is 5.78 Å². The molecule has 0 aromatic heterocycles. The van der Waals surface area contributed by atoms with Gasteiger partial charge in [0.15, 0.2) is 0 Å². The number of carbonyl (C=O) groups is 2. The Hall–Kier alpha value is -2.48. The molecule has 7 heteroatoms. The number of morpholine rings is 1. The van der Waals surface area contributed by atoms with Crippen molar-refractivity contribution in [1.82, 2.24) is 4.90 Å². The van der Waals surface area contributed by atoms with Crippen molar-refractivity contribution in [3.63, 3.8) is 0 Å². The van der Waals surface area contributed by atoms with Crippen molar-refractivity contribution in [3.05, 3.63) is 75.8 Å². The Kier molecular flexibility index (Phi) is 6.85. The Morgan fingerprint density at radius 3 is 2.42 bits per heavy atom. The van der Waals surface area contributed by atoms with Crippen LogP contribution >= 0.6 is 15.9 Å². The van der Waals surface area contributed by atoms with Crippen molar-refractivity contribution in [2.45, 2.75) is 12.5 Å². The summed E-state index contributed by atoms with van der Waals surface area (Å²) in [5.41, 5.74) is 1.22. The van der Waals surface area contributed by atoms with E-state index in [0.29, 0.717) is 12.1 Å². The van der Waals surface area contributed by atoms with Crippen LogP contribution in [0.25, 0.3) is 5.76 Å². The number of rotatable bonds is 6. The van der Waals surface area contributed by atoms with Crippen LogP contribution in [0, 0.1) is 0 Å². The standard InChI is InChI=1S/C24H25BrN2O4/c25-19-9-7-18(8-10-19)22(28)20-21(17-5-2-1-3-6-17)27(24(30)23(20)29)12-4-11-26-13-15-31-16-14-26/h1-3,5-10,21,28H,4,11-16H2. The third-order valence-corrected chi connectivity index (χ3v) is 6.41. The summed E-state index contributed by atoms with van der Waals surface area (Å²) < 4.78 is 6.24. The maximum absolute atomic E-state index is 13.3. The predicted octanol–water partition coefficient (Wildman–Crippen LogP) is 0.978. The Balaban J connectivity index is 1.64. The summed E-state index contributed by atoms with van der Waals surface area (Å²) in [6, 6.07) is 15.5. The molecule has 2 aromatic carbocycles. The molecule has 2 aliphatic heterocycles. The van der Waals surface area contributed by atoms with E-state index in [-0.39, 0.29) is 11.3 Å². The maximum Gasteiger partial charge on any atom is 0.295 e. The van der Waals surface area contributed by atoms with E-state index in [1.165, 1.54) is 4.90 Å². The van der Waals surface area contributed by atoms with Crippen LogP contribution in [-0.2, 0) is 14.3 Å². The summed E-state index contributed by atoms with van der Waals surface area (Å²) in [6.45, 7) is 4.75. The van der Waals surface area contributed by atoms with Gasteiger partial charge in [-0.15, -0.1) is 0 Å². The van der Waals surface area contributed by atoms with Gasteiger partial charge >= 0.3 is 0 Å². The lowest BCUT2D eigenvalue weighted by Gasteiger charge is -2.29. The largest absolute Gasteiger partial charge is 0.872 e. The second-order valence-electron chi connectivity index (χ2n) is 7.86. The zero-order chi connectivity index (χ0) is 21.8. The summed E-state index contributed by atoms with van der Waals surface area (Å²) in [4.78, 5) is 28.9. The van der Waals surface area contributed by atoms with Crippen LogP contribution < -0.4 is 10.0 Å². The van der Waals surface area contributed by atoms with E-state index in [0.717, 1.165) is 49.3 Å². The molecule has 1 amide bonds. The molecule has 2 heterocycles. The van der Waals surface area contributed by atoms with Gasteiger partial charge in [-0.25, -0.2) is 0 Å². The molecule has 31 heavy (non-hydrogen) atoms. The van der Waals surface area contributed by atoms with Crippen LogP contribution in [0.1, 0.15) is 23.6 Å². The molecule has 1 N–H and O–H groups in total. The van der Waals surface area contributed by atoms with Crippen molar-refractivity contribution in [2.24, 2.45) is 0 Å². The Labute approximate surface area is 190 Å². The van der Waals surface area contributed by atoms with Gasteiger partial charge in [-0.05, 0) is 23.3 Å². The van der Waals surface area contributed by atoms with Gasteiger partial charge < -0.3 is 19.6 Å². The number of halogens is 1. The molecule has 162 valence electrons. The highest BCUT2D eigenvalue weighted by Crippen LogP contribution is 2.38. The average Bonchev–Trinajstić information content (AvgIpc) is 3.05. The lowest BCUT2D eigenvalue weighted by atomic mass is 9.95. The maximum atomic E-state index is 13.3. The molecular weight excluding hydrogens is 460 g/mol. The number of ether oxygens (including phenoxy) is 1. The number of nitrogens with zero attached hydrogens (tertiary/aromatic N) is 1. The topological polar surface area (TPSA) is 74.1 Å². The lowest BCUT2D eigenvalue weighted by molar-refractivity contribution is -0.908. The number of ketones is 1. The van der Waals surface area contributed by atoms with Gasteiger partial charge in [0.1, 0.15) is 13.1 Å². The Morgan fingerprint density at radius 2 is 1.74 bits per heavy atom. The SMILES string of the molecule is O=C1C(=O)N(CCC[NH+]2CCOCC2)C(c2ccccc2)C1=C([O-])c1ccc(Br)cc1. The average molecular weight is 485 g/mol. The van der Waals surface area contributed by atoms with Gasteiger partial charge in [-0.3, -0.25) is 9.59 Å². The fourth-order valence-corrected chi connectivity index (χ4v) is 4.51. The predicted molar refractivity (Wildman–Crippen MR) is 118 cm³/mol. The zero-order valence-electron chi connectivity index (χ0n) is 17.2. The molecule has 2 fully saturated rings. The normalized spacial score (nSPS) is 21.6. The van der Waals surface area contributed by atoms with Gasteiger partial charge in [-0.2, -0.15) is 0 Å². The molecule has 0 saturated carbocycles. The van der Waals surface area contributed by atoms with Gasteiger partial charge in [0.05, 0.1) is 25.8 Å². The molecule has 2 saturated heterocycles. The fourth-order valence-electron chi connectivity index (χ4n) is 4.25. The lowest BCUT2D eigenvalue weighted by Crippen LogP contribution is -3.14. The highest BCUT2D eigenvalue weighted by atomic mass is 79.9. The summed E-state index contributed by atoms with van der Waals surface area (Å²) in [6.07, 6.45) is 0.761. The van der Waals surface area contributed by atoms with E-state index in [9.17, 15) is 14.7 Å². The number of Topliss-reactive ketones (excluding diaryl/α,β-unsaturated/α-hetero) is 1. The van der Waals surface area contributed by atoms with E-state index < -0.39 is 17.7 Å². The van der Waals surface area contributed by atoms with Gasteiger partial charge in [0.25, 0.3) is 5.91 Å². The summed E-state index contributed by atoms with van der Waals surface area (Å²) >= 11 is 3.36. The molecule has 0 radical (unpaired) electrons. The number of carbonyl (C=O) groups excluding carboxylic acids is 2. The van der Waals surface area contributed by atoms with Crippen molar-refractivity contribution in [3.8, 4) is 0 Å². The Bertz CT molecular complexity index is 969. The summed E-state index contributed by atoms with van der Waals surface area (Å²) in [7, 11) is 0. The second kappa shape index (κ2) is 9.77. The first-order chi connectivity index (χ1) is 15.1. The smallest absolute Gasteiger partial charge is 0.295 e. The molecular formula is C24H25BrN2O4. The van der Waals surface area contributed by atoms with Crippen molar-refractivity contribution in [2.75, 3.05) is 39.4 Å². The molecule has 0 bridgehead atoms. The van der Waals surface area contributed by atoms with Crippen LogP contribution in [0.5, 0.6) is 0 Å². The third kappa shape index (κ3) is 4.74. The van der Waals surface area contributed by atoms with E-state index in [1.807, 2.05) is 30.3 Å². The number of benzene rings is 2. The zero-order valence-corrected chi connectivity index (χ0v) is 18.8. The molecule has 2 aromatic rings. The van der Waals surface area contributed by atoms with Crippen LogP contribution in [0.3, 0.4) is 0 Å². The van der Waals surface area contributed by atoms with Crippen molar-refractivity contribution in [1.29, 1.82) is 0 Å². The molecule has 1 atom stereocenters. The van der Waals surface area contributed by atoms with E-state index >= 15 is 0 Å². The number of likely N-dealkylation sites (tertiary alicyclic amines) is 1. The highest BCUT2D eigenvalue weighted by molar-refractivity contribution is 9.10. The number of nitrogens with one attached hydrogen (secondary N) is 1. The van der Waals surface area contributed by atoms with Crippen LogP contribution in [0.4, 0.5) is 0 Å². The molecule has 0 aliphatic carbocycles. The molecule has 2 aliphatic rings. The van der Waals surface area contributed by atoms with Crippen molar-refractivity contribution < 1.29 is 24.3 Å². The highest BCUT2D eigenvalue weighted by Gasteiger charge is 2.43. The van der Waals surface area contributed by atoms with Crippen LogP contribution in [0.2, 0.25) is 0 Å². The van der Waals surface area contributed by atoms with Crippen LogP contribution in [-0.4, -0.2) is 56.0 Å². The van der Waals surface area contributed by atoms with E-state index in [4.69, 9.17) is 4.74 Å². The molecule has 1 unspecified atom stereocenters. The van der Waals surface area contributed by atoms with Crippen LogP contribution in [0.15, 0.2) is 64.6 Å². The van der Waals surface area contributed by atoms with Gasteiger partial charge in [-0.1, -0.05) is 64.2 Å². The molecule has 0 spiro atoms. The fraction of sp³-hybridized carbons (Fsp3) is 0.333. The number of hydrogen-bond acceptors (Lipinski definition) is 4.